The molecule has 2 saturated heterocycles. The summed E-state index contributed by atoms with van der Waals surface area (Å²) in [7, 11) is 0. The Hall–Kier alpha value is -0.420. The Labute approximate surface area is 127 Å². The Morgan fingerprint density at radius 2 is 2.35 bits per heavy atom. The standard InChI is InChI=1S/C16H27N3S/c1-13-11-19-8-3-5-15(19)12-18(13)9-7-17-14(2)16-6-4-10-20-16/h4,6,10,13-15,17H,3,5,7-9,11-12H2,1-2H3. The second kappa shape index (κ2) is 6.56. The molecule has 0 spiro atoms. The molecule has 3 rings (SSSR count). The first-order chi connectivity index (χ1) is 9.74. The van der Waals surface area contributed by atoms with Gasteiger partial charge in [-0.15, -0.1) is 11.3 Å². The summed E-state index contributed by atoms with van der Waals surface area (Å²) < 4.78 is 0. The normalized spacial score (nSPS) is 29.5. The summed E-state index contributed by atoms with van der Waals surface area (Å²) in [5.74, 6) is 0. The smallest absolute Gasteiger partial charge is 0.0386 e. The Bertz CT molecular complexity index is 406. The van der Waals surface area contributed by atoms with E-state index in [0.717, 1.165) is 12.6 Å². The minimum Gasteiger partial charge on any atom is -0.308 e. The Morgan fingerprint density at radius 1 is 1.45 bits per heavy atom. The molecule has 0 aromatic carbocycles. The molecule has 3 atom stereocenters. The van der Waals surface area contributed by atoms with Gasteiger partial charge in [-0.05, 0) is 44.7 Å². The SMILES string of the molecule is CC(NCCN1CC2CCCN2CC1C)c1cccs1. The molecule has 112 valence electrons. The lowest BCUT2D eigenvalue weighted by Gasteiger charge is -2.42. The van der Waals surface area contributed by atoms with Crippen LogP contribution in [0.1, 0.15) is 37.6 Å². The van der Waals surface area contributed by atoms with E-state index in [4.69, 9.17) is 0 Å². The molecule has 0 aliphatic carbocycles. The van der Waals surface area contributed by atoms with Crippen LogP contribution in [-0.2, 0) is 0 Å². The lowest BCUT2D eigenvalue weighted by Crippen LogP contribution is -2.56. The molecule has 1 N–H and O–H groups in total. The minimum atomic E-state index is 0.484. The molecule has 0 saturated carbocycles. The van der Waals surface area contributed by atoms with Gasteiger partial charge < -0.3 is 5.32 Å². The third-order valence-corrected chi connectivity index (χ3v) is 5.94. The van der Waals surface area contributed by atoms with Crippen molar-refractivity contribution in [3.8, 4) is 0 Å². The third kappa shape index (κ3) is 3.25. The molecule has 2 aliphatic rings. The van der Waals surface area contributed by atoms with E-state index in [9.17, 15) is 0 Å². The monoisotopic (exact) mass is 293 g/mol. The first-order valence-corrected chi connectivity index (χ1v) is 8.87. The number of piperazine rings is 1. The van der Waals surface area contributed by atoms with Crippen LogP contribution in [0.2, 0.25) is 0 Å². The van der Waals surface area contributed by atoms with Gasteiger partial charge in [-0.1, -0.05) is 6.07 Å². The number of fused-ring (bicyclic) bond motifs is 1. The van der Waals surface area contributed by atoms with Crippen LogP contribution in [0.4, 0.5) is 0 Å². The number of thiophene rings is 1. The molecule has 2 fully saturated rings. The first kappa shape index (κ1) is 14.5. The lowest BCUT2D eigenvalue weighted by molar-refractivity contribution is 0.0599. The maximum atomic E-state index is 3.67. The molecule has 0 radical (unpaired) electrons. The van der Waals surface area contributed by atoms with Crippen molar-refractivity contribution in [1.29, 1.82) is 0 Å². The van der Waals surface area contributed by atoms with Gasteiger partial charge in [0.15, 0.2) is 0 Å². The van der Waals surface area contributed by atoms with E-state index in [2.05, 4.69) is 46.5 Å². The van der Waals surface area contributed by atoms with Crippen molar-refractivity contribution in [2.24, 2.45) is 0 Å². The predicted octanol–water partition coefficient (Wildman–Crippen LogP) is 2.57. The summed E-state index contributed by atoms with van der Waals surface area (Å²) in [6, 6.07) is 6.39. The minimum absolute atomic E-state index is 0.484. The maximum absolute atomic E-state index is 3.67. The van der Waals surface area contributed by atoms with Gasteiger partial charge in [-0.25, -0.2) is 0 Å². The topological polar surface area (TPSA) is 18.5 Å². The number of nitrogens with one attached hydrogen (secondary N) is 1. The molecule has 3 nitrogen and oxygen atoms in total. The van der Waals surface area contributed by atoms with Gasteiger partial charge in [-0.2, -0.15) is 0 Å². The van der Waals surface area contributed by atoms with E-state index in [1.807, 2.05) is 11.3 Å². The van der Waals surface area contributed by atoms with E-state index in [1.165, 1.54) is 43.9 Å². The van der Waals surface area contributed by atoms with Gasteiger partial charge in [0, 0.05) is 49.2 Å². The van der Waals surface area contributed by atoms with Gasteiger partial charge in [0.1, 0.15) is 0 Å². The van der Waals surface area contributed by atoms with Gasteiger partial charge in [0.2, 0.25) is 0 Å². The van der Waals surface area contributed by atoms with Crippen LogP contribution in [0.5, 0.6) is 0 Å². The average molecular weight is 293 g/mol. The zero-order chi connectivity index (χ0) is 13.9. The highest BCUT2D eigenvalue weighted by molar-refractivity contribution is 7.10. The third-order valence-electron chi connectivity index (χ3n) is 4.89. The van der Waals surface area contributed by atoms with Crippen LogP contribution in [0, 0.1) is 0 Å². The largest absolute Gasteiger partial charge is 0.308 e. The van der Waals surface area contributed by atoms with E-state index in [0.29, 0.717) is 12.1 Å². The van der Waals surface area contributed by atoms with Crippen molar-refractivity contribution in [2.75, 3.05) is 32.7 Å². The molecule has 1 aromatic heterocycles. The molecule has 1 aromatic rings. The summed E-state index contributed by atoms with van der Waals surface area (Å²) in [4.78, 5) is 6.82. The van der Waals surface area contributed by atoms with Crippen molar-refractivity contribution in [3.05, 3.63) is 22.4 Å². The average Bonchev–Trinajstić information content (AvgIpc) is 3.08. The molecule has 3 unspecified atom stereocenters. The van der Waals surface area contributed by atoms with Gasteiger partial charge in [0.25, 0.3) is 0 Å². The van der Waals surface area contributed by atoms with Gasteiger partial charge in [0.05, 0.1) is 0 Å². The molecular weight excluding hydrogens is 266 g/mol. The molecule has 0 bridgehead atoms. The van der Waals surface area contributed by atoms with Crippen LogP contribution >= 0.6 is 11.3 Å². The van der Waals surface area contributed by atoms with Crippen LogP contribution in [0.25, 0.3) is 0 Å². The van der Waals surface area contributed by atoms with E-state index in [-0.39, 0.29) is 0 Å². The van der Waals surface area contributed by atoms with Crippen molar-refractivity contribution in [1.82, 2.24) is 15.1 Å². The van der Waals surface area contributed by atoms with Gasteiger partial charge >= 0.3 is 0 Å². The second-order valence-corrected chi connectivity index (χ2v) is 7.31. The second-order valence-electron chi connectivity index (χ2n) is 6.33. The molecule has 2 aliphatic heterocycles. The van der Waals surface area contributed by atoms with E-state index >= 15 is 0 Å². The highest BCUT2D eigenvalue weighted by Gasteiger charge is 2.33. The summed E-state index contributed by atoms with van der Waals surface area (Å²) in [6.07, 6.45) is 2.81. The number of nitrogens with zero attached hydrogens (tertiary/aromatic N) is 2. The van der Waals surface area contributed by atoms with Crippen LogP contribution < -0.4 is 5.32 Å². The Balaban J connectivity index is 1.44. The summed E-state index contributed by atoms with van der Waals surface area (Å²) in [5.41, 5.74) is 0. The van der Waals surface area contributed by atoms with E-state index in [1.54, 1.807) is 0 Å². The summed E-state index contributed by atoms with van der Waals surface area (Å²) >= 11 is 1.85. The molecule has 4 heteroatoms. The summed E-state index contributed by atoms with van der Waals surface area (Å²) in [5, 5.41) is 5.83. The predicted molar refractivity (Wildman–Crippen MR) is 86.4 cm³/mol. The number of rotatable bonds is 5. The fraction of sp³-hybridized carbons (Fsp3) is 0.750. The van der Waals surface area contributed by atoms with Crippen LogP contribution in [0.15, 0.2) is 17.5 Å². The van der Waals surface area contributed by atoms with Crippen molar-refractivity contribution in [2.45, 2.75) is 44.8 Å². The Morgan fingerprint density at radius 3 is 3.15 bits per heavy atom. The quantitative estimate of drug-likeness (QED) is 0.900. The van der Waals surface area contributed by atoms with Crippen molar-refractivity contribution in [3.63, 3.8) is 0 Å². The van der Waals surface area contributed by atoms with Crippen molar-refractivity contribution < 1.29 is 0 Å². The zero-order valence-corrected chi connectivity index (χ0v) is 13.5. The molecule has 20 heavy (non-hydrogen) atoms. The van der Waals surface area contributed by atoms with E-state index < -0.39 is 0 Å². The fourth-order valence-electron chi connectivity index (χ4n) is 3.62. The highest BCUT2D eigenvalue weighted by Crippen LogP contribution is 2.24. The van der Waals surface area contributed by atoms with Crippen LogP contribution in [0.3, 0.4) is 0 Å². The zero-order valence-electron chi connectivity index (χ0n) is 12.7. The first-order valence-electron chi connectivity index (χ1n) is 7.99. The molecule has 0 amide bonds. The fourth-order valence-corrected chi connectivity index (χ4v) is 4.38. The lowest BCUT2D eigenvalue weighted by atomic mass is 10.1. The molecule has 3 heterocycles. The molecular formula is C16H27N3S. The number of hydrogen-bond donors (Lipinski definition) is 1. The Kier molecular flexibility index (Phi) is 4.76. The highest BCUT2D eigenvalue weighted by atomic mass is 32.1. The number of hydrogen-bond acceptors (Lipinski definition) is 4. The van der Waals surface area contributed by atoms with Crippen LogP contribution in [-0.4, -0.2) is 54.6 Å². The summed E-state index contributed by atoms with van der Waals surface area (Å²) in [6.45, 7) is 10.8. The van der Waals surface area contributed by atoms with Crippen molar-refractivity contribution >= 4 is 11.3 Å². The maximum Gasteiger partial charge on any atom is 0.0386 e. The van der Waals surface area contributed by atoms with Gasteiger partial charge in [-0.3, -0.25) is 9.80 Å².